The van der Waals surface area contributed by atoms with E-state index in [0.717, 1.165) is 60.8 Å². The first kappa shape index (κ1) is 31.3. The monoisotopic (exact) mass is 699 g/mol. The van der Waals surface area contributed by atoms with Crippen LogP contribution in [-0.4, -0.2) is 15.0 Å². The number of aromatic nitrogens is 3. The predicted octanol–water partition coefficient (Wildman–Crippen LogP) is 12.7. The average Bonchev–Trinajstić information content (AvgIpc) is 3.58. The summed E-state index contributed by atoms with van der Waals surface area (Å²) in [5.41, 5.74) is 16.0. The van der Waals surface area contributed by atoms with Crippen molar-refractivity contribution in [1.29, 1.82) is 0 Å². The maximum Gasteiger partial charge on any atom is 0.0972 e. The SMILES string of the molecule is c1ccc(-c2ccc3ccc4ccc(-c5ccc(-c6ccc7ncccc7c6)c6c5-c5ccccc5C6(c5ccccc5)c5ccccc5)nc4c3n2)cc1. The Morgan fingerprint density at radius 3 is 1.71 bits per heavy atom. The molecule has 0 bridgehead atoms. The zero-order valence-corrected chi connectivity index (χ0v) is 29.9. The van der Waals surface area contributed by atoms with Crippen LogP contribution in [0.4, 0.5) is 0 Å². The zero-order chi connectivity index (χ0) is 36.3. The van der Waals surface area contributed by atoms with E-state index in [-0.39, 0.29) is 0 Å². The van der Waals surface area contributed by atoms with Crippen LogP contribution in [0.3, 0.4) is 0 Å². The van der Waals surface area contributed by atoms with Crippen molar-refractivity contribution in [2.75, 3.05) is 0 Å². The summed E-state index contributed by atoms with van der Waals surface area (Å²) < 4.78 is 0. The number of rotatable bonds is 5. The minimum Gasteiger partial charge on any atom is -0.256 e. The fourth-order valence-corrected chi connectivity index (χ4v) is 8.96. The lowest BCUT2D eigenvalue weighted by Gasteiger charge is -2.35. The van der Waals surface area contributed by atoms with Crippen LogP contribution in [0, 0.1) is 0 Å². The van der Waals surface area contributed by atoms with Gasteiger partial charge in [0.25, 0.3) is 0 Å². The summed E-state index contributed by atoms with van der Waals surface area (Å²) in [6.45, 7) is 0. The molecule has 3 nitrogen and oxygen atoms in total. The Morgan fingerprint density at radius 2 is 0.982 bits per heavy atom. The third-order valence-electron chi connectivity index (χ3n) is 11.4. The van der Waals surface area contributed by atoms with Gasteiger partial charge in [0.05, 0.1) is 33.4 Å². The van der Waals surface area contributed by atoms with Crippen LogP contribution in [0.5, 0.6) is 0 Å². The summed E-state index contributed by atoms with van der Waals surface area (Å²) >= 11 is 0. The molecule has 3 heterocycles. The van der Waals surface area contributed by atoms with Gasteiger partial charge in [0.2, 0.25) is 0 Å². The lowest BCUT2D eigenvalue weighted by Crippen LogP contribution is -2.29. The van der Waals surface area contributed by atoms with E-state index in [1.165, 1.54) is 38.9 Å². The first-order valence-electron chi connectivity index (χ1n) is 18.8. The van der Waals surface area contributed by atoms with E-state index in [9.17, 15) is 0 Å². The molecule has 7 aromatic carbocycles. The second-order valence-electron chi connectivity index (χ2n) is 14.3. The van der Waals surface area contributed by atoms with Crippen molar-refractivity contribution in [2.24, 2.45) is 0 Å². The number of hydrogen-bond acceptors (Lipinski definition) is 3. The lowest BCUT2D eigenvalue weighted by atomic mass is 9.66. The molecule has 0 atom stereocenters. The first-order valence-corrected chi connectivity index (χ1v) is 18.8. The van der Waals surface area contributed by atoms with E-state index in [4.69, 9.17) is 9.97 Å². The second kappa shape index (κ2) is 12.4. The minimum absolute atomic E-state index is 0.598. The molecule has 0 N–H and O–H groups in total. The Hall–Kier alpha value is -7.23. The van der Waals surface area contributed by atoms with E-state index >= 15 is 0 Å². The molecule has 0 radical (unpaired) electrons. The Labute approximate surface area is 319 Å². The van der Waals surface area contributed by atoms with Crippen LogP contribution >= 0.6 is 0 Å². The summed E-state index contributed by atoms with van der Waals surface area (Å²) in [6.07, 6.45) is 1.86. The van der Waals surface area contributed by atoms with Gasteiger partial charge >= 0.3 is 0 Å². The molecule has 55 heavy (non-hydrogen) atoms. The molecule has 3 aromatic heterocycles. The molecule has 0 saturated heterocycles. The quantitative estimate of drug-likeness (QED) is 0.168. The van der Waals surface area contributed by atoms with Gasteiger partial charge in [0, 0.05) is 33.5 Å². The van der Waals surface area contributed by atoms with Crippen molar-refractivity contribution in [2.45, 2.75) is 5.41 Å². The molecule has 10 aromatic rings. The fourth-order valence-electron chi connectivity index (χ4n) is 8.96. The molecule has 0 amide bonds. The van der Waals surface area contributed by atoms with Crippen molar-refractivity contribution < 1.29 is 0 Å². The van der Waals surface area contributed by atoms with Crippen molar-refractivity contribution >= 4 is 32.7 Å². The highest BCUT2D eigenvalue weighted by molar-refractivity contribution is 6.06. The molecule has 0 spiro atoms. The van der Waals surface area contributed by atoms with Crippen LogP contribution < -0.4 is 0 Å². The van der Waals surface area contributed by atoms with E-state index in [1.54, 1.807) is 0 Å². The van der Waals surface area contributed by atoms with Gasteiger partial charge in [0.15, 0.2) is 0 Å². The normalized spacial score (nSPS) is 12.9. The topological polar surface area (TPSA) is 38.7 Å². The Morgan fingerprint density at radius 1 is 0.382 bits per heavy atom. The van der Waals surface area contributed by atoms with E-state index in [2.05, 4.69) is 187 Å². The van der Waals surface area contributed by atoms with Gasteiger partial charge in [-0.05, 0) is 74.8 Å². The maximum absolute atomic E-state index is 5.52. The number of benzene rings is 7. The van der Waals surface area contributed by atoms with Crippen LogP contribution in [0.1, 0.15) is 22.3 Å². The number of nitrogens with zero attached hydrogens (tertiary/aromatic N) is 3. The van der Waals surface area contributed by atoms with Crippen LogP contribution in [0.2, 0.25) is 0 Å². The summed E-state index contributed by atoms with van der Waals surface area (Å²) in [6, 6.07) is 69.8. The summed E-state index contributed by atoms with van der Waals surface area (Å²) in [5, 5.41) is 3.25. The van der Waals surface area contributed by atoms with Gasteiger partial charge in [-0.3, -0.25) is 4.98 Å². The van der Waals surface area contributed by atoms with Gasteiger partial charge in [-0.15, -0.1) is 0 Å². The molecule has 1 aliphatic rings. The third kappa shape index (κ3) is 4.80. The van der Waals surface area contributed by atoms with Crippen LogP contribution in [-0.2, 0) is 5.41 Å². The molecule has 256 valence electrons. The van der Waals surface area contributed by atoms with E-state index in [0.29, 0.717) is 0 Å². The van der Waals surface area contributed by atoms with Gasteiger partial charge in [-0.2, -0.15) is 0 Å². The van der Waals surface area contributed by atoms with Crippen molar-refractivity contribution in [3.8, 4) is 44.8 Å². The number of fused-ring (bicyclic) bond motifs is 7. The largest absolute Gasteiger partial charge is 0.256 e. The van der Waals surface area contributed by atoms with Crippen LogP contribution in [0.25, 0.3) is 77.5 Å². The molecular weight excluding hydrogens is 667 g/mol. The smallest absolute Gasteiger partial charge is 0.0972 e. The molecule has 0 fully saturated rings. The molecule has 0 saturated carbocycles. The number of hydrogen-bond donors (Lipinski definition) is 0. The van der Waals surface area contributed by atoms with Gasteiger partial charge < -0.3 is 0 Å². The van der Waals surface area contributed by atoms with Crippen molar-refractivity contribution in [3.63, 3.8) is 0 Å². The third-order valence-corrected chi connectivity index (χ3v) is 11.4. The fraction of sp³-hybridized carbons (Fsp3) is 0.0192. The minimum atomic E-state index is -0.598. The summed E-state index contributed by atoms with van der Waals surface area (Å²) in [4.78, 5) is 15.4. The summed E-state index contributed by atoms with van der Waals surface area (Å²) in [7, 11) is 0. The van der Waals surface area contributed by atoms with Gasteiger partial charge in [-0.25, -0.2) is 9.97 Å². The molecule has 11 rings (SSSR count). The molecule has 0 unspecified atom stereocenters. The second-order valence-corrected chi connectivity index (χ2v) is 14.3. The molecule has 1 aliphatic carbocycles. The van der Waals surface area contributed by atoms with E-state index < -0.39 is 5.41 Å². The lowest BCUT2D eigenvalue weighted by molar-refractivity contribution is 0.770. The van der Waals surface area contributed by atoms with Gasteiger partial charge in [-0.1, -0.05) is 164 Å². The Kier molecular flexibility index (Phi) is 7.08. The first-order chi connectivity index (χ1) is 27.3. The van der Waals surface area contributed by atoms with Crippen molar-refractivity contribution in [3.05, 3.63) is 223 Å². The summed E-state index contributed by atoms with van der Waals surface area (Å²) in [5.74, 6) is 0. The standard InChI is InChI=1S/C52H33N3/c1-4-13-34(14-5-1)46-30-24-35-22-23-36-25-31-47(55-51(36)50(35)54-46)43-28-27-41(37-26-29-45-38(33-37)15-12-32-53-45)49-48(43)42-20-10-11-21-44(42)52(49,39-16-6-2-7-17-39)40-18-8-3-9-19-40/h1-33H. The zero-order valence-electron chi connectivity index (χ0n) is 29.9. The molecule has 3 heteroatoms. The van der Waals surface area contributed by atoms with E-state index in [1.807, 2.05) is 18.3 Å². The molecular formula is C52H33N3. The highest BCUT2D eigenvalue weighted by atomic mass is 14.8. The molecule has 0 aliphatic heterocycles. The van der Waals surface area contributed by atoms with Crippen molar-refractivity contribution in [1.82, 2.24) is 15.0 Å². The van der Waals surface area contributed by atoms with Crippen LogP contribution in [0.15, 0.2) is 200 Å². The average molecular weight is 700 g/mol. The predicted molar refractivity (Wildman–Crippen MR) is 226 cm³/mol. The Balaban J connectivity index is 1.25. The van der Waals surface area contributed by atoms with Gasteiger partial charge in [0.1, 0.15) is 0 Å². The highest BCUT2D eigenvalue weighted by Crippen LogP contribution is 2.60. The number of pyridine rings is 3. The maximum atomic E-state index is 5.52. The highest BCUT2D eigenvalue weighted by Gasteiger charge is 2.48. The Bertz CT molecular complexity index is 3040.